The third-order valence-electron chi connectivity index (χ3n) is 3.97. The van der Waals surface area contributed by atoms with E-state index in [0.717, 1.165) is 5.56 Å². The number of carbonyl (C=O) groups is 2. The number of hydrogen-bond acceptors (Lipinski definition) is 5. The molecule has 1 fully saturated rings. The number of nitrogens with zero attached hydrogens (tertiary/aromatic N) is 1. The van der Waals surface area contributed by atoms with Crippen molar-refractivity contribution < 1.29 is 29.1 Å². The van der Waals surface area contributed by atoms with Gasteiger partial charge in [-0.05, 0) is 24.4 Å². The number of ether oxygens (including phenoxy) is 1. The average Bonchev–Trinajstić information content (AvgIpc) is 2.48. The molecule has 0 unspecified atom stereocenters. The number of carbonyl (C=O) groups excluding carboxylic acids is 1. The van der Waals surface area contributed by atoms with E-state index in [2.05, 4.69) is 5.32 Å². The fourth-order valence-electron chi connectivity index (χ4n) is 2.73. The molecule has 2 aliphatic heterocycles. The molecule has 3 N–H and O–H groups in total. The van der Waals surface area contributed by atoms with Crippen LogP contribution in [0.25, 0.3) is 0 Å². The van der Waals surface area contributed by atoms with E-state index in [-0.39, 0.29) is 29.2 Å². The summed E-state index contributed by atoms with van der Waals surface area (Å²) in [5.74, 6) is -0.823. The fraction of sp³-hybridized carbons (Fsp3) is 0.429. The lowest BCUT2D eigenvalue weighted by atomic mass is 9.78. The van der Waals surface area contributed by atoms with E-state index in [0.29, 0.717) is 25.8 Å². The van der Waals surface area contributed by atoms with Gasteiger partial charge < -0.3 is 29.7 Å². The SMILES string of the molecule is CNC(=O)N1CC(Oc2ccc3c(c2C(=O)O)OB(O)CC3)C1. The third kappa shape index (κ3) is 2.91. The molecule has 2 heterocycles. The number of hydrogen-bond donors (Lipinski definition) is 3. The van der Waals surface area contributed by atoms with Gasteiger partial charge in [0, 0.05) is 7.05 Å². The number of rotatable bonds is 3. The Morgan fingerprint density at radius 2 is 2.17 bits per heavy atom. The van der Waals surface area contributed by atoms with Gasteiger partial charge in [-0.1, -0.05) is 6.07 Å². The number of fused-ring (bicyclic) bond motifs is 1. The van der Waals surface area contributed by atoms with Gasteiger partial charge in [0.2, 0.25) is 0 Å². The summed E-state index contributed by atoms with van der Waals surface area (Å²) in [6.07, 6.45) is 0.706. The molecule has 0 radical (unpaired) electrons. The number of carboxylic acids is 1. The topological polar surface area (TPSA) is 108 Å². The van der Waals surface area contributed by atoms with Crippen LogP contribution < -0.4 is 14.7 Å². The van der Waals surface area contributed by atoms with Crippen LogP contribution in [0.5, 0.6) is 11.5 Å². The van der Waals surface area contributed by atoms with Gasteiger partial charge >= 0.3 is 19.1 Å². The van der Waals surface area contributed by atoms with Crippen LogP contribution in [0.4, 0.5) is 4.79 Å². The molecule has 0 spiro atoms. The maximum absolute atomic E-state index is 11.6. The molecule has 0 aliphatic carbocycles. The van der Waals surface area contributed by atoms with Gasteiger partial charge in [-0.25, -0.2) is 9.59 Å². The minimum Gasteiger partial charge on any atom is -0.535 e. The first-order chi connectivity index (χ1) is 11.0. The van der Waals surface area contributed by atoms with E-state index in [4.69, 9.17) is 9.39 Å². The van der Waals surface area contributed by atoms with Gasteiger partial charge in [0.25, 0.3) is 0 Å². The van der Waals surface area contributed by atoms with Crippen LogP contribution in [0.2, 0.25) is 6.32 Å². The molecular formula is C14H17BN2O6. The molecule has 9 heteroatoms. The lowest BCUT2D eigenvalue weighted by Crippen LogP contribution is -2.58. The highest BCUT2D eigenvalue weighted by molar-refractivity contribution is 6.44. The predicted molar refractivity (Wildman–Crippen MR) is 81.0 cm³/mol. The van der Waals surface area contributed by atoms with Crippen LogP contribution in [0, 0.1) is 0 Å². The molecule has 8 nitrogen and oxygen atoms in total. The van der Waals surface area contributed by atoms with Crippen LogP contribution >= 0.6 is 0 Å². The highest BCUT2D eigenvalue weighted by Crippen LogP contribution is 2.37. The Morgan fingerprint density at radius 1 is 1.43 bits per heavy atom. The number of nitrogens with one attached hydrogen (secondary N) is 1. The molecule has 0 saturated carbocycles. The average molecular weight is 320 g/mol. The van der Waals surface area contributed by atoms with Gasteiger partial charge in [-0.15, -0.1) is 0 Å². The van der Waals surface area contributed by atoms with Gasteiger partial charge in [0.1, 0.15) is 23.2 Å². The zero-order chi connectivity index (χ0) is 16.6. The zero-order valence-electron chi connectivity index (χ0n) is 12.6. The van der Waals surface area contributed by atoms with E-state index in [1.54, 1.807) is 24.1 Å². The number of likely N-dealkylation sites (tertiary alicyclic amines) is 1. The molecule has 0 aromatic heterocycles. The smallest absolute Gasteiger partial charge is 0.522 e. The maximum atomic E-state index is 11.6. The Hall–Kier alpha value is -2.42. The molecule has 0 atom stereocenters. The number of amides is 2. The zero-order valence-corrected chi connectivity index (χ0v) is 12.6. The van der Waals surface area contributed by atoms with E-state index in [1.165, 1.54) is 0 Å². The van der Waals surface area contributed by atoms with Crippen molar-refractivity contribution in [1.82, 2.24) is 10.2 Å². The molecule has 122 valence electrons. The van der Waals surface area contributed by atoms with Crippen molar-refractivity contribution >= 4 is 19.1 Å². The summed E-state index contributed by atoms with van der Waals surface area (Å²) in [5, 5.41) is 21.6. The summed E-state index contributed by atoms with van der Waals surface area (Å²) in [4.78, 5) is 24.6. The largest absolute Gasteiger partial charge is 0.535 e. The Balaban J connectivity index is 1.79. The summed E-state index contributed by atoms with van der Waals surface area (Å²) in [7, 11) is 0.536. The minimum absolute atomic E-state index is 0.0837. The Labute approximate surface area is 133 Å². The monoisotopic (exact) mass is 320 g/mol. The molecular weight excluding hydrogens is 303 g/mol. The van der Waals surface area contributed by atoms with Crippen molar-refractivity contribution in [1.29, 1.82) is 0 Å². The third-order valence-corrected chi connectivity index (χ3v) is 3.97. The van der Waals surface area contributed by atoms with Crippen molar-refractivity contribution in [2.75, 3.05) is 20.1 Å². The van der Waals surface area contributed by atoms with E-state index >= 15 is 0 Å². The lowest BCUT2D eigenvalue weighted by Gasteiger charge is -2.38. The van der Waals surface area contributed by atoms with Crippen LogP contribution in [0.1, 0.15) is 15.9 Å². The van der Waals surface area contributed by atoms with Gasteiger partial charge in [-0.2, -0.15) is 0 Å². The first kappa shape index (κ1) is 15.5. The molecule has 1 aromatic rings. The lowest BCUT2D eigenvalue weighted by molar-refractivity contribution is 0.0426. The standard InChI is InChI=1S/C14H17BN2O6/c1-16-14(20)17-6-9(7-17)22-10-3-2-8-4-5-15(21)23-12(8)11(10)13(18)19/h2-3,9,21H,4-7H2,1H3,(H,16,20)(H,18,19). The number of aromatic carboxylic acids is 1. The van der Waals surface area contributed by atoms with Crippen molar-refractivity contribution in [3.05, 3.63) is 23.3 Å². The Morgan fingerprint density at radius 3 is 2.83 bits per heavy atom. The number of urea groups is 1. The summed E-state index contributed by atoms with van der Waals surface area (Å²) in [6.45, 7) is 0.776. The second kappa shape index (κ2) is 6.00. The van der Waals surface area contributed by atoms with Gasteiger partial charge in [-0.3, -0.25) is 0 Å². The number of benzene rings is 1. The molecule has 1 aromatic carbocycles. The van der Waals surface area contributed by atoms with E-state index < -0.39 is 13.1 Å². The predicted octanol–water partition coefficient (Wildman–Crippen LogP) is 0.203. The molecule has 0 bridgehead atoms. The van der Waals surface area contributed by atoms with Crippen molar-refractivity contribution in [3.63, 3.8) is 0 Å². The highest BCUT2D eigenvalue weighted by atomic mass is 16.5. The summed E-state index contributed by atoms with van der Waals surface area (Å²) >= 11 is 0. The van der Waals surface area contributed by atoms with Crippen LogP contribution in [0.15, 0.2) is 12.1 Å². The number of carboxylic acid groups (broad SMARTS) is 1. The first-order valence-corrected chi connectivity index (χ1v) is 7.36. The van der Waals surface area contributed by atoms with Gasteiger partial charge in [0.15, 0.2) is 0 Å². The minimum atomic E-state index is -1.17. The normalized spacial score (nSPS) is 17.0. The van der Waals surface area contributed by atoms with Crippen LogP contribution in [-0.2, 0) is 6.42 Å². The second-order valence-corrected chi connectivity index (χ2v) is 5.54. The summed E-state index contributed by atoms with van der Waals surface area (Å²) in [5.41, 5.74) is 0.653. The second-order valence-electron chi connectivity index (χ2n) is 5.54. The van der Waals surface area contributed by atoms with E-state index in [9.17, 15) is 19.7 Å². The van der Waals surface area contributed by atoms with Crippen LogP contribution in [0.3, 0.4) is 0 Å². The number of aryl methyl sites for hydroxylation is 1. The van der Waals surface area contributed by atoms with Crippen molar-refractivity contribution in [2.24, 2.45) is 0 Å². The summed E-state index contributed by atoms with van der Waals surface area (Å²) < 4.78 is 11.0. The Bertz CT molecular complexity index is 646. The first-order valence-electron chi connectivity index (χ1n) is 7.36. The van der Waals surface area contributed by atoms with Gasteiger partial charge in [0.05, 0.1) is 13.1 Å². The van der Waals surface area contributed by atoms with Crippen molar-refractivity contribution in [3.8, 4) is 11.5 Å². The molecule has 23 heavy (non-hydrogen) atoms. The fourth-order valence-corrected chi connectivity index (χ4v) is 2.73. The summed E-state index contributed by atoms with van der Waals surface area (Å²) in [6, 6.07) is 3.16. The highest BCUT2D eigenvalue weighted by Gasteiger charge is 2.35. The Kier molecular flexibility index (Phi) is 4.04. The van der Waals surface area contributed by atoms with Crippen LogP contribution in [-0.4, -0.2) is 60.4 Å². The molecule has 3 rings (SSSR count). The molecule has 1 saturated heterocycles. The quantitative estimate of drug-likeness (QED) is 0.687. The van der Waals surface area contributed by atoms with Crippen molar-refractivity contribution in [2.45, 2.75) is 18.8 Å². The molecule has 2 amide bonds. The maximum Gasteiger partial charge on any atom is 0.522 e. The van der Waals surface area contributed by atoms with E-state index in [1.807, 2.05) is 0 Å². The molecule has 2 aliphatic rings.